The van der Waals surface area contributed by atoms with Crippen LogP contribution in [-0.4, -0.2) is 50.6 Å². The highest BCUT2D eigenvalue weighted by Gasteiger charge is 2.36. The molecule has 7 nitrogen and oxygen atoms in total. The molecule has 1 aromatic carbocycles. The smallest absolute Gasteiger partial charge is 0.314 e. The number of hydrogen-bond donors (Lipinski definition) is 0. The molecule has 0 atom stereocenters. The number of rotatable bonds is 4. The van der Waals surface area contributed by atoms with Crippen molar-refractivity contribution in [3.8, 4) is 5.75 Å². The van der Waals surface area contributed by atoms with Gasteiger partial charge >= 0.3 is 5.65 Å². The Morgan fingerprint density at radius 3 is 2.63 bits per heavy atom. The van der Waals surface area contributed by atoms with Crippen molar-refractivity contribution in [3.63, 3.8) is 0 Å². The van der Waals surface area contributed by atoms with Crippen LogP contribution in [0.2, 0.25) is 5.02 Å². The van der Waals surface area contributed by atoms with Crippen LogP contribution >= 0.6 is 11.6 Å². The van der Waals surface area contributed by atoms with Gasteiger partial charge < -0.3 is 14.5 Å². The van der Waals surface area contributed by atoms with Gasteiger partial charge in [-0.15, -0.1) is 0 Å². The third-order valence-electron chi connectivity index (χ3n) is 7.46. The second-order valence-electron chi connectivity index (χ2n) is 9.95. The molecule has 2 aromatic heterocycles. The number of ether oxygens (including phenoxy) is 1. The van der Waals surface area contributed by atoms with Crippen LogP contribution in [0.25, 0.3) is 5.65 Å². The number of piperidine rings is 1. The van der Waals surface area contributed by atoms with E-state index in [0.717, 1.165) is 54.2 Å². The van der Waals surface area contributed by atoms with Crippen LogP contribution in [-0.2, 0) is 20.1 Å². The molecule has 0 spiro atoms. The molecule has 186 valence electrons. The van der Waals surface area contributed by atoms with E-state index in [0.29, 0.717) is 35.5 Å². The van der Waals surface area contributed by atoms with Gasteiger partial charge in [0.25, 0.3) is 5.91 Å². The highest BCUT2D eigenvalue weighted by atomic mass is 35.5. The predicted molar refractivity (Wildman–Crippen MR) is 131 cm³/mol. The Morgan fingerprint density at radius 2 is 1.94 bits per heavy atom. The van der Waals surface area contributed by atoms with Crippen LogP contribution in [0.1, 0.15) is 59.7 Å². The SMILES string of the molecule is Cc1c(Cl)c(C)[n+](C)c2c3c(nn12)CN(C(=O)c1ccc(F)cc1OC1CCN(C(C)C)CC1)C3. The standard InChI is InChI=1S/C26H32ClFN5O2/c1-15(2)31-10-8-19(9-11-31)35-23-12-18(28)6-7-20(23)26(34)32-13-21-22(14-32)29-33-17(4)24(27)16(3)30(5)25(21)33/h6-7,12,15,19H,8-11,13-14H2,1-5H3/q+1. The lowest BCUT2D eigenvalue weighted by molar-refractivity contribution is -0.655. The zero-order valence-electron chi connectivity index (χ0n) is 20.9. The van der Waals surface area contributed by atoms with Gasteiger partial charge in [-0.2, -0.15) is 0 Å². The molecule has 0 saturated carbocycles. The van der Waals surface area contributed by atoms with Crippen LogP contribution in [0, 0.1) is 19.7 Å². The van der Waals surface area contributed by atoms with Crippen LogP contribution in [0.4, 0.5) is 4.39 Å². The molecule has 0 N–H and O–H groups in total. The van der Waals surface area contributed by atoms with Crippen molar-refractivity contribution in [2.45, 2.75) is 65.8 Å². The minimum absolute atomic E-state index is 0.0342. The van der Waals surface area contributed by atoms with Gasteiger partial charge in [0.05, 0.1) is 31.3 Å². The summed E-state index contributed by atoms with van der Waals surface area (Å²) in [5, 5.41) is 5.44. The first-order valence-corrected chi connectivity index (χ1v) is 12.6. The Morgan fingerprint density at radius 1 is 1.23 bits per heavy atom. The fraction of sp³-hybridized carbons (Fsp3) is 0.500. The molecule has 0 aliphatic carbocycles. The summed E-state index contributed by atoms with van der Waals surface area (Å²) in [5.74, 6) is -0.269. The molecule has 1 saturated heterocycles. The number of aryl methyl sites for hydroxylation is 2. The lowest BCUT2D eigenvalue weighted by atomic mass is 10.1. The van der Waals surface area contributed by atoms with Crippen LogP contribution < -0.4 is 9.30 Å². The molecule has 2 aliphatic rings. The van der Waals surface area contributed by atoms with E-state index in [9.17, 15) is 9.18 Å². The number of halogens is 2. The van der Waals surface area contributed by atoms with E-state index in [2.05, 4.69) is 18.7 Å². The van der Waals surface area contributed by atoms with E-state index in [4.69, 9.17) is 21.4 Å². The maximum atomic E-state index is 14.2. The van der Waals surface area contributed by atoms with Crippen molar-refractivity contribution in [1.29, 1.82) is 0 Å². The van der Waals surface area contributed by atoms with Gasteiger partial charge in [-0.3, -0.25) is 4.79 Å². The van der Waals surface area contributed by atoms with Crippen molar-refractivity contribution >= 4 is 23.2 Å². The number of carbonyl (C=O) groups excluding carboxylic acids is 1. The molecule has 1 fully saturated rings. The molecule has 1 amide bonds. The molecule has 9 heteroatoms. The summed E-state index contributed by atoms with van der Waals surface area (Å²) in [4.78, 5) is 17.7. The first-order valence-electron chi connectivity index (χ1n) is 12.2. The largest absolute Gasteiger partial charge is 0.489 e. The second-order valence-corrected chi connectivity index (χ2v) is 10.3. The second kappa shape index (κ2) is 9.06. The number of likely N-dealkylation sites (tertiary alicyclic amines) is 1. The van der Waals surface area contributed by atoms with Crippen molar-refractivity contribution < 1.29 is 18.5 Å². The van der Waals surface area contributed by atoms with Gasteiger partial charge in [-0.1, -0.05) is 21.2 Å². The highest BCUT2D eigenvalue weighted by molar-refractivity contribution is 6.31. The van der Waals surface area contributed by atoms with E-state index < -0.39 is 5.82 Å². The van der Waals surface area contributed by atoms with E-state index >= 15 is 0 Å². The van der Waals surface area contributed by atoms with Gasteiger partial charge in [0, 0.05) is 32.1 Å². The Labute approximate surface area is 210 Å². The molecule has 0 radical (unpaired) electrons. The molecule has 3 aromatic rings. The first-order chi connectivity index (χ1) is 16.7. The molecule has 5 rings (SSSR count). The van der Waals surface area contributed by atoms with E-state index in [1.165, 1.54) is 18.2 Å². The van der Waals surface area contributed by atoms with Gasteiger partial charge in [0.15, 0.2) is 5.69 Å². The Hall–Kier alpha value is -2.71. The lowest BCUT2D eigenvalue weighted by Crippen LogP contribution is -2.42. The number of hydrogen-bond acceptors (Lipinski definition) is 4. The number of nitrogens with zero attached hydrogens (tertiary/aromatic N) is 5. The maximum absolute atomic E-state index is 14.2. The fourth-order valence-electron chi connectivity index (χ4n) is 5.22. The summed E-state index contributed by atoms with van der Waals surface area (Å²) in [7, 11) is 1.96. The van der Waals surface area contributed by atoms with Crippen molar-refractivity contribution in [2.24, 2.45) is 7.05 Å². The number of carbonyl (C=O) groups is 1. The van der Waals surface area contributed by atoms with Gasteiger partial charge in [-0.25, -0.2) is 8.96 Å². The average Bonchev–Trinajstić information content (AvgIpc) is 3.40. The monoisotopic (exact) mass is 500 g/mol. The Bertz CT molecular complexity index is 1310. The molecular weight excluding hydrogens is 469 g/mol. The minimum atomic E-state index is -0.409. The summed E-state index contributed by atoms with van der Waals surface area (Å²) in [6, 6.07) is 4.69. The third-order valence-corrected chi connectivity index (χ3v) is 8.01. The molecule has 2 aliphatic heterocycles. The van der Waals surface area contributed by atoms with Gasteiger partial charge in [0.1, 0.15) is 34.1 Å². The van der Waals surface area contributed by atoms with Crippen molar-refractivity contribution in [2.75, 3.05) is 13.1 Å². The Kier molecular flexibility index (Phi) is 6.21. The Balaban J connectivity index is 1.39. The number of benzene rings is 1. The maximum Gasteiger partial charge on any atom is 0.314 e. The zero-order valence-corrected chi connectivity index (χ0v) is 21.7. The summed E-state index contributed by atoms with van der Waals surface area (Å²) < 4.78 is 24.3. The number of aromatic nitrogens is 3. The summed E-state index contributed by atoms with van der Waals surface area (Å²) in [6.45, 7) is 11.0. The fourth-order valence-corrected chi connectivity index (χ4v) is 5.42. The summed E-state index contributed by atoms with van der Waals surface area (Å²) >= 11 is 6.48. The van der Waals surface area contributed by atoms with Crippen molar-refractivity contribution in [3.05, 3.63) is 57.2 Å². The highest BCUT2D eigenvalue weighted by Crippen LogP contribution is 2.32. The molecular formula is C26H32ClFN5O2+. The lowest BCUT2D eigenvalue weighted by Gasteiger charge is -2.34. The van der Waals surface area contributed by atoms with Crippen LogP contribution in [0.3, 0.4) is 0 Å². The zero-order chi connectivity index (χ0) is 25.0. The van der Waals surface area contributed by atoms with E-state index in [-0.39, 0.29) is 12.0 Å². The normalized spacial score (nSPS) is 17.0. The van der Waals surface area contributed by atoms with E-state index in [1.807, 2.05) is 30.0 Å². The van der Waals surface area contributed by atoms with Gasteiger partial charge in [0.2, 0.25) is 0 Å². The summed E-state index contributed by atoms with van der Waals surface area (Å²) in [6.07, 6.45) is 1.67. The van der Waals surface area contributed by atoms with Crippen LogP contribution in [0.15, 0.2) is 18.2 Å². The topological polar surface area (TPSA) is 54.0 Å². The third kappa shape index (κ3) is 4.16. The molecule has 0 bridgehead atoms. The molecule has 35 heavy (non-hydrogen) atoms. The summed E-state index contributed by atoms with van der Waals surface area (Å²) in [5.41, 5.74) is 5.00. The minimum Gasteiger partial charge on any atom is -0.489 e. The predicted octanol–water partition coefficient (Wildman–Crippen LogP) is 3.98. The molecule has 0 unspecified atom stereocenters. The number of fused-ring (bicyclic) bond motifs is 3. The van der Waals surface area contributed by atoms with Crippen LogP contribution in [0.5, 0.6) is 5.75 Å². The van der Waals surface area contributed by atoms with Gasteiger partial charge in [-0.05, 0) is 45.7 Å². The first kappa shape index (κ1) is 24.0. The number of amides is 1. The van der Waals surface area contributed by atoms with Crippen molar-refractivity contribution in [1.82, 2.24) is 19.4 Å². The average molecular weight is 501 g/mol. The molecule has 4 heterocycles. The van der Waals surface area contributed by atoms with E-state index in [1.54, 1.807) is 4.90 Å². The quantitative estimate of drug-likeness (QED) is 0.509.